The lowest BCUT2D eigenvalue weighted by atomic mass is 9.77. The normalized spacial score (nSPS) is 23.6. The Labute approximate surface area is 184 Å². The summed E-state index contributed by atoms with van der Waals surface area (Å²) in [5, 5.41) is 15.2. The maximum Gasteiger partial charge on any atom is 0.319 e. The van der Waals surface area contributed by atoms with Gasteiger partial charge in [-0.2, -0.15) is 5.26 Å². The predicted octanol–water partition coefficient (Wildman–Crippen LogP) is 4.94. The highest BCUT2D eigenvalue weighted by Crippen LogP contribution is 2.33. The average Bonchev–Trinajstić information content (AvgIpc) is 2.81. The number of nitrogens with zero attached hydrogens (tertiary/aromatic N) is 3. The van der Waals surface area contributed by atoms with Crippen molar-refractivity contribution in [2.45, 2.75) is 51.0 Å². The smallest absolute Gasteiger partial charge is 0.319 e. The van der Waals surface area contributed by atoms with E-state index >= 15 is 0 Å². The summed E-state index contributed by atoms with van der Waals surface area (Å²) in [6.07, 6.45) is 9.85. The second-order valence-electron chi connectivity index (χ2n) is 8.82. The molecule has 1 aromatic heterocycles. The van der Waals surface area contributed by atoms with E-state index < -0.39 is 0 Å². The van der Waals surface area contributed by atoms with Gasteiger partial charge < -0.3 is 15.5 Å². The molecule has 0 spiro atoms. The molecule has 1 aliphatic heterocycles. The molecule has 2 N–H and O–H groups in total. The molecule has 1 aliphatic carbocycles. The third-order valence-electron chi connectivity index (χ3n) is 6.61. The van der Waals surface area contributed by atoms with Crippen molar-refractivity contribution >= 4 is 17.5 Å². The van der Waals surface area contributed by atoms with Crippen molar-refractivity contribution in [2.24, 2.45) is 11.8 Å². The SMILES string of the molecule is N#Cc1ccc(N2CCC[C@H](C[C@@H]3CCCC[C@H]3NC(=O)Nc3ccccc3)C2)nc1. The zero-order valence-electron chi connectivity index (χ0n) is 18.0. The molecule has 2 heterocycles. The number of hydrogen-bond donors (Lipinski definition) is 2. The number of urea groups is 1. The molecular weight excluding hydrogens is 386 g/mol. The lowest BCUT2D eigenvalue weighted by Gasteiger charge is -2.38. The van der Waals surface area contributed by atoms with Gasteiger partial charge in [-0.3, -0.25) is 0 Å². The topological polar surface area (TPSA) is 81.0 Å². The first-order chi connectivity index (χ1) is 15.2. The molecule has 1 saturated heterocycles. The number of aromatic nitrogens is 1. The van der Waals surface area contributed by atoms with E-state index in [4.69, 9.17) is 5.26 Å². The van der Waals surface area contributed by atoms with Crippen LogP contribution in [0, 0.1) is 23.2 Å². The number of anilines is 2. The molecule has 2 amide bonds. The van der Waals surface area contributed by atoms with Gasteiger partial charge in [-0.25, -0.2) is 9.78 Å². The summed E-state index contributed by atoms with van der Waals surface area (Å²) in [7, 11) is 0. The van der Waals surface area contributed by atoms with E-state index in [1.807, 2.05) is 42.5 Å². The Morgan fingerprint density at radius 2 is 1.94 bits per heavy atom. The van der Waals surface area contributed by atoms with E-state index in [0.717, 1.165) is 43.9 Å². The number of pyridine rings is 1. The molecule has 0 unspecified atom stereocenters. The first-order valence-electron chi connectivity index (χ1n) is 11.4. The van der Waals surface area contributed by atoms with Crippen LogP contribution in [-0.2, 0) is 0 Å². The number of nitriles is 1. The molecule has 3 atom stereocenters. The Kier molecular flexibility index (Phi) is 7.03. The molecule has 2 fully saturated rings. The first-order valence-corrected chi connectivity index (χ1v) is 11.4. The minimum atomic E-state index is -0.102. The molecule has 2 aliphatic rings. The number of hydrogen-bond acceptors (Lipinski definition) is 4. The van der Waals surface area contributed by atoms with Crippen LogP contribution in [0.1, 0.15) is 50.5 Å². The number of benzene rings is 1. The zero-order chi connectivity index (χ0) is 21.5. The van der Waals surface area contributed by atoms with Gasteiger partial charge in [0.05, 0.1) is 5.56 Å². The Morgan fingerprint density at radius 3 is 2.71 bits per heavy atom. The van der Waals surface area contributed by atoms with Crippen LogP contribution in [0.5, 0.6) is 0 Å². The summed E-state index contributed by atoms with van der Waals surface area (Å²) in [4.78, 5) is 19.4. The molecule has 0 radical (unpaired) electrons. The Morgan fingerprint density at radius 1 is 1.10 bits per heavy atom. The lowest BCUT2D eigenvalue weighted by Crippen LogP contribution is -2.45. The van der Waals surface area contributed by atoms with Crippen LogP contribution in [0.15, 0.2) is 48.7 Å². The molecule has 31 heavy (non-hydrogen) atoms. The fourth-order valence-corrected chi connectivity index (χ4v) is 5.07. The van der Waals surface area contributed by atoms with Crippen molar-refractivity contribution in [1.29, 1.82) is 5.26 Å². The molecule has 0 bridgehead atoms. The number of rotatable bonds is 5. The van der Waals surface area contributed by atoms with E-state index in [0.29, 0.717) is 17.4 Å². The van der Waals surface area contributed by atoms with E-state index in [1.54, 1.807) is 6.20 Å². The second kappa shape index (κ2) is 10.3. The predicted molar refractivity (Wildman–Crippen MR) is 123 cm³/mol. The van der Waals surface area contributed by atoms with Crippen LogP contribution < -0.4 is 15.5 Å². The number of amides is 2. The van der Waals surface area contributed by atoms with Crippen LogP contribution in [0.4, 0.5) is 16.3 Å². The highest BCUT2D eigenvalue weighted by Gasteiger charge is 2.31. The second-order valence-corrected chi connectivity index (χ2v) is 8.82. The van der Waals surface area contributed by atoms with E-state index in [-0.39, 0.29) is 12.1 Å². The molecule has 6 nitrogen and oxygen atoms in total. The fourth-order valence-electron chi connectivity index (χ4n) is 5.07. The van der Waals surface area contributed by atoms with Gasteiger partial charge >= 0.3 is 6.03 Å². The van der Waals surface area contributed by atoms with Crippen LogP contribution in [0.3, 0.4) is 0 Å². The fraction of sp³-hybridized carbons (Fsp3) is 0.480. The molecule has 2 aromatic rings. The average molecular weight is 418 g/mol. The molecular formula is C25H31N5O. The van der Waals surface area contributed by atoms with Crippen molar-refractivity contribution in [3.05, 3.63) is 54.2 Å². The van der Waals surface area contributed by atoms with E-state index in [9.17, 15) is 4.79 Å². The van der Waals surface area contributed by atoms with Gasteiger partial charge in [0.15, 0.2) is 0 Å². The summed E-state index contributed by atoms with van der Waals surface area (Å²) >= 11 is 0. The number of piperidine rings is 1. The number of para-hydroxylation sites is 1. The standard InChI is InChI=1S/C25H31N5O/c26-16-20-12-13-24(27-17-20)30-14-6-7-19(18-30)15-21-8-4-5-11-23(21)29-25(31)28-22-9-2-1-3-10-22/h1-3,9-10,12-13,17,19,21,23H,4-8,11,14-15,18H2,(H2,28,29,31)/t19-,21+,23-/m1/s1. The summed E-state index contributed by atoms with van der Waals surface area (Å²) in [5.41, 5.74) is 1.42. The van der Waals surface area contributed by atoms with Crippen molar-refractivity contribution in [1.82, 2.24) is 10.3 Å². The lowest BCUT2D eigenvalue weighted by molar-refractivity contribution is 0.203. The largest absolute Gasteiger partial charge is 0.356 e. The third-order valence-corrected chi connectivity index (χ3v) is 6.61. The first kappa shape index (κ1) is 21.2. The van der Waals surface area contributed by atoms with Gasteiger partial charge in [-0.05, 0) is 68.2 Å². The zero-order valence-corrected chi connectivity index (χ0v) is 18.0. The van der Waals surface area contributed by atoms with Crippen molar-refractivity contribution in [3.8, 4) is 6.07 Å². The number of carbonyl (C=O) groups excluding carboxylic acids is 1. The van der Waals surface area contributed by atoms with Gasteiger partial charge in [-0.15, -0.1) is 0 Å². The molecule has 162 valence electrons. The van der Waals surface area contributed by atoms with E-state index in [1.165, 1.54) is 25.7 Å². The van der Waals surface area contributed by atoms with Crippen molar-refractivity contribution in [3.63, 3.8) is 0 Å². The van der Waals surface area contributed by atoms with Gasteiger partial charge in [0.2, 0.25) is 0 Å². The van der Waals surface area contributed by atoms with Gasteiger partial charge in [0, 0.05) is 31.0 Å². The highest BCUT2D eigenvalue weighted by molar-refractivity contribution is 5.89. The van der Waals surface area contributed by atoms with Crippen molar-refractivity contribution < 1.29 is 4.79 Å². The Balaban J connectivity index is 1.33. The Bertz CT molecular complexity index is 892. The highest BCUT2D eigenvalue weighted by atomic mass is 16.2. The minimum absolute atomic E-state index is 0.102. The summed E-state index contributed by atoms with van der Waals surface area (Å²) in [6.45, 7) is 2.01. The molecule has 4 rings (SSSR count). The minimum Gasteiger partial charge on any atom is -0.356 e. The van der Waals surface area contributed by atoms with Crippen molar-refractivity contribution in [2.75, 3.05) is 23.3 Å². The Hall–Kier alpha value is -3.07. The van der Waals surface area contributed by atoms with Crippen LogP contribution in [0.2, 0.25) is 0 Å². The van der Waals surface area contributed by atoms with Gasteiger partial charge in [0.25, 0.3) is 0 Å². The van der Waals surface area contributed by atoms with Crippen LogP contribution in [-0.4, -0.2) is 30.1 Å². The number of nitrogens with one attached hydrogen (secondary N) is 2. The van der Waals surface area contributed by atoms with Gasteiger partial charge in [-0.1, -0.05) is 31.0 Å². The van der Waals surface area contributed by atoms with E-state index in [2.05, 4.69) is 26.6 Å². The van der Waals surface area contributed by atoms with Crippen LogP contribution >= 0.6 is 0 Å². The summed E-state index contributed by atoms with van der Waals surface area (Å²) < 4.78 is 0. The molecule has 1 aromatic carbocycles. The maximum absolute atomic E-state index is 12.5. The molecule has 6 heteroatoms. The molecule has 1 saturated carbocycles. The third kappa shape index (κ3) is 5.75. The summed E-state index contributed by atoms with van der Waals surface area (Å²) in [5.74, 6) is 2.09. The maximum atomic E-state index is 12.5. The van der Waals surface area contributed by atoms with Gasteiger partial charge in [0.1, 0.15) is 11.9 Å². The number of carbonyl (C=O) groups is 1. The van der Waals surface area contributed by atoms with Crippen LogP contribution in [0.25, 0.3) is 0 Å². The monoisotopic (exact) mass is 417 g/mol. The quantitative estimate of drug-likeness (QED) is 0.722. The summed E-state index contributed by atoms with van der Waals surface area (Å²) in [6, 6.07) is 15.7.